The first-order valence-electron chi connectivity index (χ1n) is 11.8. The molecule has 2 saturated heterocycles. The van der Waals surface area contributed by atoms with Gasteiger partial charge in [0.15, 0.2) is 0 Å². The Balaban J connectivity index is 0.00000272. The maximum absolute atomic E-state index is 12.3. The number of amides is 3. The number of urea groups is 1. The van der Waals surface area contributed by atoms with Crippen LogP contribution in [0.2, 0.25) is 0 Å². The quantitative estimate of drug-likeness (QED) is 0.407. The molecule has 2 atom stereocenters. The number of nitrogens with zero attached hydrogens (tertiary/aromatic N) is 2. The summed E-state index contributed by atoms with van der Waals surface area (Å²) in [5.41, 5.74) is 1.33. The highest BCUT2D eigenvalue weighted by atomic mass is 35.5. The standard InChI is InChI=1S/C24H35N3O3.ClH/c28-23-21-11-9-17-26(21)24(29)27(23)16-8-4-2-1-3-7-15-25-18-20-14-13-19-10-5-6-12-22(19)30-20;/h5-6,10,12,20-21,25H,1-4,7-9,11,13-18H2;1H. The zero-order valence-electron chi connectivity index (χ0n) is 18.4. The lowest BCUT2D eigenvalue weighted by Gasteiger charge is -2.26. The molecule has 1 aromatic carbocycles. The van der Waals surface area contributed by atoms with E-state index in [0.717, 1.165) is 63.9 Å². The summed E-state index contributed by atoms with van der Waals surface area (Å²) in [6.45, 7) is 3.30. The van der Waals surface area contributed by atoms with Crippen molar-refractivity contribution >= 4 is 24.3 Å². The van der Waals surface area contributed by atoms with Crippen LogP contribution in [0, 0.1) is 0 Å². The molecule has 1 aromatic rings. The first kappa shape index (κ1) is 23.9. The van der Waals surface area contributed by atoms with E-state index in [0.29, 0.717) is 6.54 Å². The monoisotopic (exact) mass is 449 g/mol. The highest BCUT2D eigenvalue weighted by molar-refractivity contribution is 6.04. The molecule has 2 unspecified atom stereocenters. The number of hydrogen-bond acceptors (Lipinski definition) is 4. The van der Waals surface area contributed by atoms with Crippen LogP contribution in [0.25, 0.3) is 0 Å². The van der Waals surface area contributed by atoms with Crippen LogP contribution in [0.15, 0.2) is 24.3 Å². The van der Waals surface area contributed by atoms with Gasteiger partial charge in [0.05, 0.1) is 0 Å². The van der Waals surface area contributed by atoms with Crippen molar-refractivity contribution in [2.24, 2.45) is 0 Å². The van der Waals surface area contributed by atoms with Gasteiger partial charge in [-0.3, -0.25) is 9.69 Å². The molecule has 3 aliphatic rings. The fourth-order valence-corrected chi connectivity index (χ4v) is 4.90. The summed E-state index contributed by atoms with van der Waals surface area (Å²) < 4.78 is 6.07. The van der Waals surface area contributed by atoms with Crippen LogP contribution in [0.4, 0.5) is 4.79 Å². The third-order valence-corrected chi connectivity index (χ3v) is 6.64. The average molecular weight is 450 g/mol. The number of halogens is 1. The number of imide groups is 1. The third-order valence-electron chi connectivity index (χ3n) is 6.64. The molecule has 31 heavy (non-hydrogen) atoms. The normalized spacial score (nSPS) is 22.2. The maximum Gasteiger partial charge on any atom is 0.327 e. The fourth-order valence-electron chi connectivity index (χ4n) is 4.90. The van der Waals surface area contributed by atoms with Crippen molar-refractivity contribution in [1.82, 2.24) is 15.1 Å². The molecule has 3 heterocycles. The number of benzene rings is 1. The molecule has 3 aliphatic heterocycles. The lowest BCUT2D eigenvalue weighted by Crippen LogP contribution is -2.34. The molecule has 6 nitrogen and oxygen atoms in total. The van der Waals surface area contributed by atoms with Crippen molar-refractivity contribution in [3.63, 3.8) is 0 Å². The second-order valence-electron chi connectivity index (χ2n) is 8.84. The van der Waals surface area contributed by atoms with Crippen molar-refractivity contribution in [3.05, 3.63) is 29.8 Å². The number of aryl methyl sites for hydroxylation is 1. The maximum atomic E-state index is 12.3. The summed E-state index contributed by atoms with van der Waals surface area (Å²) in [6.07, 6.45) is 11.1. The van der Waals surface area contributed by atoms with Gasteiger partial charge in [0, 0.05) is 19.6 Å². The van der Waals surface area contributed by atoms with Gasteiger partial charge < -0.3 is 15.0 Å². The lowest BCUT2D eigenvalue weighted by molar-refractivity contribution is -0.128. The van der Waals surface area contributed by atoms with Gasteiger partial charge >= 0.3 is 6.03 Å². The minimum Gasteiger partial charge on any atom is -0.489 e. The summed E-state index contributed by atoms with van der Waals surface area (Å²) in [4.78, 5) is 27.8. The number of ether oxygens (including phenoxy) is 1. The van der Waals surface area contributed by atoms with E-state index in [2.05, 4.69) is 23.5 Å². The average Bonchev–Trinajstić information content (AvgIpc) is 3.34. The Hall–Kier alpha value is -1.79. The number of para-hydroxylation sites is 1. The van der Waals surface area contributed by atoms with Gasteiger partial charge in [-0.05, 0) is 56.7 Å². The molecule has 2 fully saturated rings. The molecule has 0 aliphatic carbocycles. The lowest BCUT2D eigenvalue weighted by atomic mass is 10.0. The highest BCUT2D eigenvalue weighted by Gasteiger charge is 2.46. The molecular weight excluding hydrogens is 414 g/mol. The van der Waals surface area contributed by atoms with Gasteiger partial charge in [0.1, 0.15) is 17.9 Å². The van der Waals surface area contributed by atoms with E-state index in [1.54, 1.807) is 4.90 Å². The van der Waals surface area contributed by atoms with E-state index in [1.165, 1.54) is 36.1 Å². The first-order valence-corrected chi connectivity index (χ1v) is 11.8. The van der Waals surface area contributed by atoms with Gasteiger partial charge in [-0.15, -0.1) is 12.4 Å². The molecule has 0 radical (unpaired) electrons. The molecule has 0 spiro atoms. The summed E-state index contributed by atoms with van der Waals surface area (Å²) >= 11 is 0. The van der Waals surface area contributed by atoms with E-state index in [-0.39, 0.29) is 36.5 Å². The van der Waals surface area contributed by atoms with Crippen molar-refractivity contribution in [2.45, 2.75) is 76.4 Å². The number of hydrogen-bond donors (Lipinski definition) is 1. The van der Waals surface area contributed by atoms with E-state index in [1.807, 2.05) is 6.07 Å². The summed E-state index contributed by atoms with van der Waals surface area (Å²) in [7, 11) is 0. The molecule has 172 valence electrons. The highest BCUT2D eigenvalue weighted by Crippen LogP contribution is 2.28. The van der Waals surface area contributed by atoms with Crippen LogP contribution in [0.1, 0.15) is 63.4 Å². The number of fused-ring (bicyclic) bond motifs is 2. The van der Waals surface area contributed by atoms with Gasteiger partial charge in [-0.1, -0.05) is 43.9 Å². The van der Waals surface area contributed by atoms with Gasteiger partial charge in [-0.25, -0.2) is 4.79 Å². The first-order chi connectivity index (χ1) is 14.7. The molecule has 7 heteroatoms. The Morgan fingerprint density at radius 3 is 2.61 bits per heavy atom. The Morgan fingerprint density at radius 2 is 1.77 bits per heavy atom. The number of carbonyl (C=O) groups is 2. The SMILES string of the molecule is Cl.O=C1C2CCCN2C(=O)N1CCCCCCCCNCC1CCc2ccccc2O1. The minimum atomic E-state index is -0.154. The Labute approximate surface area is 192 Å². The fraction of sp³-hybridized carbons (Fsp3) is 0.667. The predicted octanol–water partition coefficient (Wildman–Crippen LogP) is 4.16. The second-order valence-corrected chi connectivity index (χ2v) is 8.84. The minimum absolute atomic E-state index is 0. The van der Waals surface area contributed by atoms with E-state index in [9.17, 15) is 9.59 Å². The summed E-state index contributed by atoms with van der Waals surface area (Å²) in [6, 6.07) is 8.13. The molecule has 4 rings (SSSR count). The van der Waals surface area contributed by atoms with Crippen molar-refractivity contribution in [3.8, 4) is 5.75 Å². The van der Waals surface area contributed by atoms with E-state index >= 15 is 0 Å². The van der Waals surface area contributed by atoms with Crippen LogP contribution in [-0.2, 0) is 11.2 Å². The Bertz CT molecular complexity index is 723. The summed E-state index contributed by atoms with van der Waals surface area (Å²) in [5.74, 6) is 1.09. The zero-order valence-corrected chi connectivity index (χ0v) is 19.2. The number of rotatable bonds is 11. The number of unbranched alkanes of at least 4 members (excludes halogenated alkanes) is 5. The van der Waals surface area contributed by atoms with Crippen molar-refractivity contribution in [2.75, 3.05) is 26.2 Å². The predicted molar refractivity (Wildman–Crippen MR) is 124 cm³/mol. The van der Waals surface area contributed by atoms with E-state index in [4.69, 9.17) is 4.74 Å². The third kappa shape index (κ3) is 5.92. The molecule has 0 aromatic heterocycles. The number of carbonyl (C=O) groups excluding carboxylic acids is 2. The number of nitrogens with one attached hydrogen (secondary N) is 1. The smallest absolute Gasteiger partial charge is 0.327 e. The summed E-state index contributed by atoms with van der Waals surface area (Å²) in [5, 5.41) is 3.54. The van der Waals surface area contributed by atoms with Crippen LogP contribution in [0.5, 0.6) is 5.75 Å². The van der Waals surface area contributed by atoms with Gasteiger partial charge in [-0.2, -0.15) is 0 Å². The van der Waals surface area contributed by atoms with Crippen LogP contribution in [0.3, 0.4) is 0 Å². The van der Waals surface area contributed by atoms with Crippen LogP contribution >= 0.6 is 12.4 Å². The van der Waals surface area contributed by atoms with Gasteiger partial charge in [0.25, 0.3) is 5.91 Å². The molecular formula is C24H36ClN3O3. The molecule has 3 amide bonds. The van der Waals surface area contributed by atoms with Crippen molar-refractivity contribution in [1.29, 1.82) is 0 Å². The van der Waals surface area contributed by atoms with Gasteiger partial charge in [0.2, 0.25) is 0 Å². The molecule has 1 N–H and O–H groups in total. The van der Waals surface area contributed by atoms with E-state index < -0.39 is 0 Å². The topological polar surface area (TPSA) is 61.9 Å². The molecule has 0 saturated carbocycles. The molecule has 0 bridgehead atoms. The largest absolute Gasteiger partial charge is 0.489 e. The second kappa shape index (κ2) is 11.7. The Kier molecular flexibility index (Phi) is 9.02. The Morgan fingerprint density at radius 1 is 1.00 bits per heavy atom. The zero-order chi connectivity index (χ0) is 20.8. The van der Waals surface area contributed by atoms with Crippen LogP contribution < -0.4 is 10.1 Å². The van der Waals surface area contributed by atoms with Crippen molar-refractivity contribution < 1.29 is 14.3 Å². The van der Waals surface area contributed by atoms with Crippen LogP contribution in [-0.4, -0.2) is 60.1 Å².